The van der Waals surface area contributed by atoms with Crippen LogP contribution in [0.4, 0.5) is 0 Å². The number of hydrogen-bond donors (Lipinski definition) is 1. The Hall–Kier alpha value is -1.01. The highest BCUT2D eigenvalue weighted by Gasteiger charge is 2.19. The Morgan fingerprint density at radius 2 is 2.29 bits per heavy atom. The van der Waals surface area contributed by atoms with Crippen molar-refractivity contribution < 1.29 is 0 Å². The van der Waals surface area contributed by atoms with E-state index < -0.39 is 0 Å². The summed E-state index contributed by atoms with van der Waals surface area (Å²) in [4.78, 5) is 0.901. The summed E-state index contributed by atoms with van der Waals surface area (Å²) in [6, 6.07) is 0. The monoisotopic (exact) mass is 209 g/mol. The van der Waals surface area contributed by atoms with Gasteiger partial charge in [0, 0.05) is 5.92 Å². The van der Waals surface area contributed by atoms with Gasteiger partial charge in [0.2, 0.25) is 4.96 Å². The minimum atomic E-state index is 0.614. The molecule has 1 aliphatic heterocycles. The van der Waals surface area contributed by atoms with Gasteiger partial charge < -0.3 is 5.32 Å². The molecule has 3 rings (SSSR count). The van der Waals surface area contributed by atoms with Crippen LogP contribution in [-0.2, 0) is 0 Å². The molecule has 5 nitrogen and oxygen atoms in total. The van der Waals surface area contributed by atoms with E-state index in [0.29, 0.717) is 5.92 Å². The summed E-state index contributed by atoms with van der Waals surface area (Å²) in [6.45, 7) is 2.20. The molecule has 0 atom stereocenters. The largest absolute Gasteiger partial charge is 0.317 e. The average Bonchev–Trinajstić information content (AvgIpc) is 2.78. The molecule has 74 valence electrons. The van der Waals surface area contributed by atoms with Crippen molar-refractivity contribution >= 4 is 16.3 Å². The van der Waals surface area contributed by atoms with E-state index in [1.807, 2.05) is 0 Å². The normalized spacial score (nSPS) is 19.1. The topological polar surface area (TPSA) is 55.1 Å². The lowest BCUT2D eigenvalue weighted by Gasteiger charge is -2.19. The van der Waals surface area contributed by atoms with Crippen LogP contribution in [0.5, 0.6) is 0 Å². The fourth-order valence-corrected chi connectivity index (χ4v) is 2.80. The van der Waals surface area contributed by atoms with Gasteiger partial charge in [-0.1, -0.05) is 11.3 Å². The maximum absolute atomic E-state index is 4.48. The molecule has 3 heterocycles. The third-order valence-corrected chi connectivity index (χ3v) is 3.67. The first kappa shape index (κ1) is 8.31. The lowest BCUT2D eigenvalue weighted by molar-refractivity contribution is 0.456. The Balaban J connectivity index is 1.92. The molecule has 0 saturated carbocycles. The number of rotatable bonds is 1. The molecular formula is C8H11N5S. The first-order chi connectivity index (χ1) is 6.93. The molecule has 0 aromatic carbocycles. The molecule has 1 N–H and O–H groups in total. The Morgan fingerprint density at radius 1 is 1.43 bits per heavy atom. The van der Waals surface area contributed by atoms with Gasteiger partial charge in [0.15, 0.2) is 0 Å². The van der Waals surface area contributed by atoms with Gasteiger partial charge in [-0.3, -0.25) is 0 Å². The molecule has 0 aliphatic carbocycles. The number of fused-ring (bicyclic) bond motifs is 1. The summed E-state index contributed by atoms with van der Waals surface area (Å²) in [5.74, 6) is 0.614. The smallest absolute Gasteiger partial charge is 0.234 e. The second kappa shape index (κ2) is 3.29. The van der Waals surface area contributed by atoms with Gasteiger partial charge in [-0.2, -0.15) is 9.61 Å². The molecule has 6 heteroatoms. The van der Waals surface area contributed by atoms with Gasteiger partial charge >= 0.3 is 0 Å². The third-order valence-electron chi connectivity index (χ3n) is 2.59. The molecular weight excluding hydrogens is 198 g/mol. The van der Waals surface area contributed by atoms with Crippen molar-refractivity contribution in [1.29, 1.82) is 0 Å². The minimum absolute atomic E-state index is 0.614. The molecule has 1 aliphatic rings. The number of piperidine rings is 1. The Labute approximate surface area is 85.2 Å². The van der Waals surface area contributed by atoms with E-state index in [9.17, 15) is 0 Å². The van der Waals surface area contributed by atoms with E-state index in [4.69, 9.17) is 0 Å². The second-order valence-electron chi connectivity index (χ2n) is 3.52. The minimum Gasteiger partial charge on any atom is -0.317 e. The van der Waals surface area contributed by atoms with E-state index in [1.54, 1.807) is 22.2 Å². The summed E-state index contributed by atoms with van der Waals surface area (Å²) in [5.41, 5.74) is 0. The fourth-order valence-electron chi connectivity index (χ4n) is 1.81. The molecule has 2 aromatic rings. The molecule has 1 fully saturated rings. The summed E-state index contributed by atoms with van der Waals surface area (Å²) in [7, 11) is 0. The summed E-state index contributed by atoms with van der Waals surface area (Å²) >= 11 is 1.66. The molecule has 0 radical (unpaired) electrons. The van der Waals surface area contributed by atoms with Crippen LogP contribution in [0.3, 0.4) is 0 Å². The van der Waals surface area contributed by atoms with Crippen LogP contribution in [0.25, 0.3) is 4.96 Å². The van der Waals surface area contributed by atoms with Crippen molar-refractivity contribution in [3.8, 4) is 0 Å². The van der Waals surface area contributed by atoms with Crippen LogP contribution in [-0.4, -0.2) is 32.9 Å². The van der Waals surface area contributed by atoms with Crippen molar-refractivity contribution in [3.05, 3.63) is 11.3 Å². The zero-order valence-electron chi connectivity index (χ0n) is 7.68. The molecule has 0 bridgehead atoms. The third kappa shape index (κ3) is 1.31. The molecule has 0 amide bonds. The van der Waals surface area contributed by atoms with E-state index in [-0.39, 0.29) is 0 Å². The van der Waals surface area contributed by atoms with Crippen molar-refractivity contribution in [2.75, 3.05) is 13.1 Å². The number of nitrogens with one attached hydrogen (secondary N) is 1. The predicted octanol–water partition coefficient (Wildman–Crippen LogP) is 0.653. The summed E-state index contributed by atoms with van der Waals surface area (Å²) in [5, 5.41) is 16.8. The van der Waals surface area contributed by atoms with Crippen LogP contribution >= 0.6 is 11.3 Å². The van der Waals surface area contributed by atoms with E-state index in [1.165, 1.54) is 17.8 Å². The molecule has 0 spiro atoms. The highest BCUT2D eigenvalue weighted by atomic mass is 32.1. The molecule has 1 saturated heterocycles. The zero-order chi connectivity index (χ0) is 9.38. The first-order valence-electron chi connectivity index (χ1n) is 4.81. The van der Waals surface area contributed by atoms with Crippen molar-refractivity contribution in [1.82, 2.24) is 25.1 Å². The first-order valence-corrected chi connectivity index (χ1v) is 5.62. The second-order valence-corrected chi connectivity index (χ2v) is 4.51. The van der Waals surface area contributed by atoms with E-state index in [2.05, 4.69) is 20.6 Å². The highest BCUT2D eigenvalue weighted by molar-refractivity contribution is 7.16. The number of hydrogen-bond acceptors (Lipinski definition) is 5. The van der Waals surface area contributed by atoms with Crippen molar-refractivity contribution in [3.63, 3.8) is 0 Å². The van der Waals surface area contributed by atoms with E-state index in [0.717, 1.165) is 18.1 Å². The van der Waals surface area contributed by atoms with Crippen molar-refractivity contribution in [2.45, 2.75) is 18.8 Å². The summed E-state index contributed by atoms with van der Waals surface area (Å²) < 4.78 is 1.77. The fraction of sp³-hybridized carbons (Fsp3) is 0.625. The average molecular weight is 209 g/mol. The lowest BCUT2D eigenvalue weighted by Crippen LogP contribution is -2.26. The SMILES string of the molecule is c1nnc2sc(C3CCNCC3)nn12. The maximum Gasteiger partial charge on any atom is 0.234 e. The van der Waals surface area contributed by atoms with Crippen molar-refractivity contribution in [2.24, 2.45) is 0 Å². The van der Waals surface area contributed by atoms with Gasteiger partial charge in [-0.05, 0) is 25.9 Å². The zero-order valence-corrected chi connectivity index (χ0v) is 8.50. The molecule has 0 unspecified atom stereocenters. The summed E-state index contributed by atoms with van der Waals surface area (Å²) in [6.07, 6.45) is 4.03. The maximum atomic E-state index is 4.48. The quantitative estimate of drug-likeness (QED) is 0.749. The Bertz CT molecular complexity index is 399. The lowest BCUT2D eigenvalue weighted by atomic mass is 9.99. The van der Waals surface area contributed by atoms with Crippen LogP contribution < -0.4 is 5.32 Å². The van der Waals surface area contributed by atoms with Gasteiger partial charge in [-0.15, -0.1) is 10.2 Å². The molecule has 14 heavy (non-hydrogen) atoms. The van der Waals surface area contributed by atoms with Crippen LogP contribution in [0.2, 0.25) is 0 Å². The van der Waals surface area contributed by atoms with Gasteiger partial charge in [0.1, 0.15) is 11.3 Å². The Kier molecular flexibility index (Phi) is 1.95. The highest BCUT2D eigenvalue weighted by Crippen LogP contribution is 2.28. The number of aromatic nitrogens is 4. The van der Waals surface area contributed by atoms with Crippen LogP contribution in [0.1, 0.15) is 23.8 Å². The molecule has 2 aromatic heterocycles. The van der Waals surface area contributed by atoms with Gasteiger partial charge in [0.05, 0.1) is 0 Å². The standard InChI is InChI=1S/C8H11N5S/c1-3-9-4-2-6(1)7-12-13-5-10-11-8(13)14-7/h5-6,9H,1-4H2. The predicted molar refractivity (Wildman–Crippen MR) is 53.5 cm³/mol. The van der Waals surface area contributed by atoms with Crippen LogP contribution in [0, 0.1) is 0 Å². The van der Waals surface area contributed by atoms with Gasteiger partial charge in [0.25, 0.3) is 0 Å². The number of nitrogens with zero attached hydrogens (tertiary/aromatic N) is 4. The van der Waals surface area contributed by atoms with Gasteiger partial charge in [-0.25, -0.2) is 0 Å². The van der Waals surface area contributed by atoms with Crippen LogP contribution in [0.15, 0.2) is 6.33 Å². The Morgan fingerprint density at radius 3 is 3.07 bits per heavy atom. The van der Waals surface area contributed by atoms with E-state index >= 15 is 0 Å².